The highest BCUT2D eigenvalue weighted by Crippen LogP contribution is 2.27. The molecule has 0 aliphatic rings. The number of H-pyrrole nitrogens is 1. The Kier molecular flexibility index (Phi) is 4.07. The summed E-state index contributed by atoms with van der Waals surface area (Å²) in [5.41, 5.74) is 2.58. The number of anilines is 1. The van der Waals surface area contributed by atoms with Crippen LogP contribution in [-0.4, -0.2) is 10.9 Å². The van der Waals surface area contributed by atoms with Crippen LogP contribution in [0.4, 0.5) is 5.69 Å². The van der Waals surface area contributed by atoms with Gasteiger partial charge in [-0.05, 0) is 29.1 Å². The maximum absolute atomic E-state index is 12.7. The van der Waals surface area contributed by atoms with E-state index < -0.39 is 0 Å². The normalized spacial score (nSPS) is 10.6. The lowest BCUT2D eigenvalue weighted by atomic mass is 10.0. The summed E-state index contributed by atoms with van der Waals surface area (Å²) < 4.78 is 0. The van der Waals surface area contributed by atoms with Gasteiger partial charge in [0.05, 0.1) is 0 Å². The highest BCUT2D eigenvalue weighted by atomic mass is 16.2. The van der Waals surface area contributed by atoms with E-state index in [0.717, 1.165) is 16.5 Å². The van der Waals surface area contributed by atoms with Crippen molar-refractivity contribution in [1.82, 2.24) is 4.98 Å². The summed E-state index contributed by atoms with van der Waals surface area (Å²) in [5, 5.41) is 4.21. The second-order valence-electron chi connectivity index (χ2n) is 5.97. The quantitative estimate of drug-likeness (QED) is 0.579. The molecule has 0 atom stereocenters. The van der Waals surface area contributed by atoms with Crippen molar-refractivity contribution in [2.24, 2.45) is 0 Å². The minimum atomic E-state index is -0.351. The van der Waals surface area contributed by atoms with E-state index in [-0.39, 0.29) is 17.2 Å². The lowest BCUT2D eigenvalue weighted by Gasteiger charge is -2.11. The number of carbonyl (C=O) groups is 1. The van der Waals surface area contributed by atoms with Crippen LogP contribution in [0, 0.1) is 0 Å². The first-order chi connectivity index (χ1) is 12.7. The fraction of sp³-hybridized carbons (Fsp3) is 0. The van der Waals surface area contributed by atoms with Crippen molar-refractivity contribution in [2.45, 2.75) is 0 Å². The zero-order chi connectivity index (χ0) is 17.9. The van der Waals surface area contributed by atoms with Crippen LogP contribution in [0.1, 0.15) is 10.5 Å². The van der Waals surface area contributed by atoms with Gasteiger partial charge >= 0.3 is 0 Å². The molecule has 0 saturated heterocycles. The summed E-state index contributed by atoms with van der Waals surface area (Å²) in [4.78, 5) is 27.6. The van der Waals surface area contributed by atoms with E-state index in [2.05, 4.69) is 10.3 Å². The van der Waals surface area contributed by atoms with E-state index in [1.54, 1.807) is 18.2 Å². The van der Waals surface area contributed by atoms with Gasteiger partial charge in [0.2, 0.25) is 0 Å². The molecule has 1 heterocycles. The Balaban J connectivity index is 1.71. The topological polar surface area (TPSA) is 62.0 Å². The number of pyridine rings is 1. The molecule has 3 aromatic carbocycles. The maximum atomic E-state index is 12.7. The number of hydrogen-bond donors (Lipinski definition) is 2. The molecule has 4 rings (SSSR count). The highest BCUT2D eigenvalue weighted by molar-refractivity contribution is 6.06. The van der Waals surface area contributed by atoms with Gasteiger partial charge in [-0.3, -0.25) is 9.59 Å². The van der Waals surface area contributed by atoms with E-state index in [1.807, 2.05) is 66.7 Å². The Hall–Kier alpha value is -3.66. The van der Waals surface area contributed by atoms with Gasteiger partial charge in [0.25, 0.3) is 11.5 Å². The van der Waals surface area contributed by atoms with E-state index in [4.69, 9.17) is 0 Å². The van der Waals surface area contributed by atoms with Crippen LogP contribution < -0.4 is 10.9 Å². The van der Waals surface area contributed by atoms with E-state index in [9.17, 15) is 9.59 Å². The second kappa shape index (κ2) is 6.69. The van der Waals surface area contributed by atoms with Gasteiger partial charge in [-0.1, -0.05) is 66.7 Å². The molecule has 1 aromatic heterocycles. The molecule has 4 aromatic rings. The van der Waals surface area contributed by atoms with Crippen molar-refractivity contribution in [2.75, 3.05) is 5.32 Å². The van der Waals surface area contributed by atoms with Gasteiger partial charge in [0.1, 0.15) is 5.69 Å². The van der Waals surface area contributed by atoms with Crippen molar-refractivity contribution in [3.63, 3.8) is 0 Å². The molecular weight excluding hydrogens is 324 g/mol. The molecule has 0 bridgehead atoms. The predicted octanol–water partition coefficient (Wildman–Crippen LogP) is 4.45. The average Bonchev–Trinajstić information content (AvgIpc) is 2.69. The molecule has 2 N–H and O–H groups in total. The molecule has 0 spiro atoms. The molecule has 0 radical (unpaired) electrons. The SMILES string of the molecule is O=C(Nc1ccccc1-c1ccccc1)c1cc2ccccc2c(=O)[nH]1. The Bertz CT molecular complexity index is 1150. The van der Waals surface area contributed by atoms with Gasteiger partial charge in [0.15, 0.2) is 0 Å². The Labute approximate surface area is 150 Å². The molecule has 4 nitrogen and oxygen atoms in total. The second-order valence-corrected chi connectivity index (χ2v) is 5.97. The Morgan fingerprint density at radius 1 is 0.808 bits per heavy atom. The van der Waals surface area contributed by atoms with Crippen molar-refractivity contribution in [3.8, 4) is 11.1 Å². The fourth-order valence-electron chi connectivity index (χ4n) is 2.98. The molecule has 26 heavy (non-hydrogen) atoms. The van der Waals surface area contributed by atoms with Crippen molar-refractivity contribution < 1.29 is 4.79 Å². The van der Waals surface area contributed by atoms with Crippen molar-refractivity contribution >= 4 is 22.4 Å². The molecule has 0 fully saturated rings. The van der Waals surface area contributed by atoms with Gasteiger partial charge in [0, 0.05) is 16.6 Å². The molecule has 0 aliphatic heterocycles. The molecule has 4 heteroatoms. The summed E-state index contributed by atoms with van der Waals surface area (Å²) in [6.45, 7) is 0. The van der Waals surface area contributed by atoms with Crippen molar-refractivity contribution in [1.29, 1.82) is 0 Å². The fourth-order valence-corrected chi connectivity index (χ4v) is 2.98. The Morgan fingerprint density at radius 2 is 1.50 bits per heavy atom. The van der Waals surface area contributed by atoms with Crippen LogP contribution in [0.25, 0.3) is 21.9 Å². The molecule has 126 valence electrons. The molecule has 0 saturated carbocycles. The largest absolute Gasteiger partial charge is 0.320 e. The highest BCUT2D eigenvalue weighted by Gasteiger charge is 2.12. The number of aromatic amines is 1. The van der Waals surface area contributed by atoms with E-state index in [0.29, 0.717) is 11.1 Å². The minimum absolute atomic E-state index is 0.233. The third-order valence-electron chi connectivity index (χ3n) is 4.26. The van der Waals surface area contributed by atoms with Crippen LogP contribution >= 0.6 is 0 Å². The minimum Gasteiger partial charge on any atom is -0.320 e. The number of para-hydroxylation sites is 1. The Morgan fingerprint density at radius 3 is 2.35 bits per heavy atom. The monoisotopic (exact) mass is 340 g/mol. The van der Waals surface area contributed by atoms with Gasteiger partial charge in [-0.15, -0.1) is 0 Å². The van der Waals surface area contributed by atoms with Gasteiger partial charge in [-0.2, -0.15) is 0 Å². The number of fused-ring (bicyclic) bond motifs is 1. The summed E-state index contributed by atoms with van der Waals surface area (Å²) in [5.74, 6) is -0.351. The van der Waals surface area contributed by atoms with Crippen LogP contribution in [0.2, 0.25) is 0 Å². The number of aromatic nitrogens is 1. The summed E-state index contributed by atoms with van der Waals surface area (Å²) >= 11 is 0. The number of rotatable bonds is 3. The van der Waals surface area contributed by atoms with E-state index in [1.165, 1.54) is 0 Å². The summed E-state index contributed by atoms with van der Waals surface area (Å²) in [6, 6.07) is 26.3. The van der Waals surface area contributed by atoms with Crippen LogP contribution in [0.15, 0.2) is 89.7 Å². The first-order valence-corrected chi connectivity index (χ1v) is 8.30. The maximum Gasteiger partial charge on any atom is 0.272 e. The van der Waals surface area contributed by atoms with Crippen LogP contribution in [0.3, 0.4) is 0 Å². The summed E-state index contributed by atoms with van der Waals surface area (Å²) in [6.07, 6.45) is 0. The van der Waals surface area contributed by atoms with Crippen LogP contribution in [0.5, 0.6) is 0 Å². The predicted molar refractivity (Wildman–Crippen MR) is 104 cm³/mol. The molecule has 0 unspecified atom stereocenters. The van der Waals surface area contributed by atoms with Gasteiger partial charge in [-0.25, -0.2) is 0 Å². The number of amides is 1. The number of hydrogen-bond acceptors (Lipinski definition) is 2. The molecule has 0 aliphatic carbocycles. The summed E-state index contributed by atoms with van der Waals surface area (Å²) in [7, 11) is 0. The number of nitrogens with one attached hydrogen (secondary N) is 2. The zero-order valence-corrected chi connectivity index (χ0v) is 13.9. The first kappa shape index (κ1) is 15.8. The number of benzene rings is 3. The van der Waals surface area contributed by atoms with Crippen molar-refractivity contribution in [3.05, 3.63) is 101 Å². The lowest BCUT2D eigenvalue weighted by Crippen LogP contribution is -2.19. The van der Waals surface area contributed by atoms with E-state index >= 15 is 0 Å². The van der Waals surface area contributed by atoms with Gasteiger partial charge < -0.3 is 10.3 Å². The smallest absolute Gasteiger partial charge is 0.272 e. The third-order valence-corrected chi connectivity index (χ3v) is 4.26. The zero-order valence-electron chi connectivity index (χ0n) is 13.9. The molecular formula is C22H16N2O2. The average molecular weight is 340 g/mol. The first-order valence-electron chi connectivity index (χ1n) is 8.30. The standard InChI is InChI=1S/C22H16N2O2/c25-21-18-12-5-4-10-16(18)14-20(24-21)22(26)23-19-13-7-6-11-17(19)15-8-2-1-3-9-15/h1-14H,(H,23,26)(H,24,25). The lowest BCUT2D eigenvalue weighted by molar-refractivity contribution is 0.102. The third kappa shape index (κ3) is 3.00. The molecule has 1 amide bonds. The number of carbonyl (C=O) groups excluding carboxylic acids is 1. The van der Waals surface area contributed by atoms with Crippen LogP contribution in [-0.2, 0) is 0 Å².